The second-order valence-corrected chi connectivity index (χ2v) is 5.46. The average molecular weight is 298 g/mol. The average Bonchev–Trinajstić information content (AvgIpc) is 2.58. The number of hydrogen-bond acceptors (Lipinski definition) is 4. The number of aliphatic hydroxyl groups excluding tert-OH is 1. The largest absolute Gasteiger partial charge is 0.457 e. The molecule has 0 unspecified atom stereocenters. The molecular weight excluding hydrogens is 276 g/mol. The Hall–Kier alpha value is -2.04. The summed E-state index contributed by atoms with van der Waals surface area (Å²) in [6.45, 7) is 5.02. The van der Waals surface area contributed by atoms with Crippen LogP contribution in [0.25, 0.3) is 0 Å². The van der Waals surface area contributed by atoms with E-state index in [1.54, 1.807) is 0 Å². The maximum Gasteiger partial charge on any atom is 0.127 e. The van der Waals surface area contributed by atoms with Gasteiger partial charge >= 0.3 is 0 Å². The Morgan fingerprint density at radius 1 is 0.818 bits per heavy atom. The normalized spacial score (nSPS) is 15.8. The Morgan fingerprint density at radius 3 is 2.09 bits per heavy atom. The fraction of sp³-hybridized carbons (Fsp3) is 0.333. The SMILES string of the molecule is OCCN1CCN(c2ccc(Oc3ccccc3)cc2)CC1. The van der Waals surface area contributed by atoms with Gasteiger partial charge in [0, 0.05) is 38.4 Å². The summed E-state index contributed by atoms with van der Waals surface area (Å²) in [6.07, 6.45) is 0. The summed E-state index contributed by atoms with van der Waals surface area (Å²) >= 11 is 0. The maximum atomic E-state index is 8.98. The second-order valence-electron chi connectivity index (χ2n) is 5.46. The van der Waals surface area contributed by atoms with Crippen LogP contribution in [0.3, 0.4) is 0 Å². The zero-order valence-electron chi connectivity index (χ0n) is 12.7. The first-order chi connectivity index (χ1) is 10.8. The number of para-hydroxylation sites is 1. The van der Waals surface area contributed by atoms with E-state index in [1.807, 2.05) is 42.5 Å². The molecule has 1 heterocycles. The highest BCUT2D eigenvalue weighted by atomic mass is 16.5. The van der Waals surface area contributed by atoms with E-state index in [4.69, 9.17) is 9.84 Å². The van der Waals surface area contributed by atoms with Crippen LogP contribution in [0.1, 0.15) is 0 Å². The molecule has 0 atom stereocenters. The van der Waals surface area contributed by atoms with Crippen molar-refractivity contribution in [2.24, 2.45) is 0 Å². The van der Waals surface area contributed by atoms with Gasteiger partial charge in [-0.3, -0.25) is 4.90 Å². The van der Waals surface area contributed by atoms with Crippen LogP contribution in [0.2, 0.25) is 0 Å². The monoisotopic (exact) mass is 298 g/mol. The van der Waals surface area contributed by atoms with Gasteiger partial charge in [-0.1, -0.05) is 18.2 Å². The van der Waals surface area contributed by atoms with Gasteiger partial charge in [0.25, 0.3) is 0 Å². The van der Waals surface area contributed by atoms with Crippen LogP contribution >= 0.6 is 0 Å². The third-order valence-corrected chi connectivity index (χ3v) is 3.97. The maximum absolute atomic E-state index is 8.98. The van der Waals surface area contributed by atoms with E-state index >= 15 is 0 Å². The van der Waals surface area contributed by atoms with Crippen LogP contribution in [0, 0.1) is 0 Å². The highest BCUT2D eigenvalue weighted by Gasteiger charge is 2.16. The van der Waals surface area contributed by atoms with Crippen molar-refractivity contribution >= 4 is 5.69 Å². The van der Waals surface area contributed by atoms with Crippen molar-refractivity contribution in [3.63, 3.8) is 0 Å². The summed E-state index contributed by atoms with van der Waals surface area (Å²) in [7, 11) is 0. The number of aliphatic hydroxyl groups is 1. The van der Waals surface area contributed by atoms with Gasteiger partial charge in [-0.15, -0.1) is 0 Å². The lowest BCUT2D eigenvalue weighted by atomic mass is 10.2. The van der Waals surface area contributed by atoms with E-state index in [2.05, 4.69) is 21.9 Å². The van der Waals surface area contributed by atoms with Crippen molar-refractivity contribution < 1.29 is 9.84 Å². The molecule has 0 aromatic heterocycles. The summed E-state index contributed by atoms with van der Waals surface area (Å²) in [5.74, 6) is 1.71. The molecule has 1 fully saturated rings. The number of rotatable bonds is 5. The number of ether oxygens (including phenoxy) is 1. The van der Waals surface area contributed by atoms with Crippen LogP contribution in [-0.4, -0.2) is 49.3 Å². The minimum atomic E-state index is 0.242. The van der Waals surface area contributed by atoms with Crippen molar-refractivity contribution in [1.29, 1.82) is 0 Å². The van der Waals surface area contributed by atoms with E-state index in [-0.39, 0.29) is 6.61 Å². The van der Waals surface area contributed by atoms with Crippen molar-refractivity contribution in [3.8, 4) is 11.5 Å². The number of β-amino-alcohol motifs (C(OH)–C–C–N with tert-alkyl or cyclic N) is 1. The number of piperazine rings is 1. The molecule has 116 valence electrons. The zero-order chi connectivity index (χ0) is 15.2. The lowest BCUT2D eigenvalue weighted by molar-refractivity contribution is 0.189. The quantitative estimate of drug-likeness (QED) is 0.920. The highest BCUT2D eigenvalue weighted by Crippen LogP contribution is 2.24. The number of benzene rings is 2. The molecule has 3 rings (SSSR count). The van der Waals surface area contributed by atoms with Gasteiger partial charge in [-0.05, 0) is 36.4 Å². The predicted molar refractivity (Wildman–Crippen MR) is 88.7 cm³/mol. The Balaban J connectivity index is 1.58. The van der Waals surface area contributed by atoms with Gasteiger partial charge in [-0.25, -0.2) is 0 Å². The van der Waals surface area contributed by atoms with E-state index in [9.17, 15) is 0 Å². The molecule has 2 aromatic rings. The molecule has 0 spiro atoms. The first-order valence-electron chi connectivity index (χ1n) is 7.76. The topological polar surface area (TPSA) is 35.9 Å². The van der Waals surface area contributed by atoms with E-state index in [1.165, 1.54) is 5.69 Å². The molecular formula is C18H22N2O2. The number of nitrogens with zero attached hydrogens (tertiary/aromatic N) is 2. The summed E-state index contributed by atoms with van der Waals surface area (Å²) in [6, 6.07) is 18.1. The minimum Gasteiger partial charge on any atom is -0.457 e. The molecule has 0 radical (unpaired) electrons. The van der Waals surface area contributed by atoms with Gasteiger partial charge in [-0.2, -0.15) is 0 Å². The number of anilines is 1. The van der Waals surface area contributed by atoms with E-state index in [0.29, 0.717) is 0 Å². The molecule has 0 saturated carbocycles. The first kappa shape index (κ1) is 14.9. The first-order valence-corrected chi connectivity index (χ1v) is 7.76. The van der Waals surface area contributed by atoms with Gasteiger partial charge in [0.1, 0.15) is 11.5 Å². The van der Waals surface area contributed by atoms with Crippen LogP contribution in [0.5, 0.6) is 11.5 Å². The molecule has 22 heavy (non-hydrogen) atoms. The molecule has 4 nitrogen and oxygen atoms in total. The molecule has 1 aliphatic heterocycles. The summed E-state index contributed by atoms with van der Waals surface area (Å²) in [5, 5.41) is 8.98. The van der Waals surface area contributed by atoms with Crippen LogP contribution in [-0.2, 0) is 0 Å². The van der Waals surface area contributed by atoms with Gasteiger partial charge in [0.15, 0.2) is 0 Å². The Morgan fingerprint density at radius 2 is 1.45 bits per heavy atom. The van der Waals surface area contributed by atoms with Crippen molar-refractivity contribution in [2.45, 2.75) is 0 Å². The molecule has 1 N–H and O–H groups in total. The Labute approximate surface area is 131 Å². The van der Waals surface area contributed by atoms with E-state index in [0.717, 1.165) is 44.2 Å². The fourth-order valence-corrected chi connectivity index (χ4v) is 2.72. The predicted octanol–water partition coefficient (Wildman–Crippen LogP) is 2.59. The summed E-state index contributed by atoms with van der Waals surface area (Å²) in [4.78, 5) is 4.67. The standard InChI is InChI=1S/C18H22N2O2/c21-15-14-19-10-12-20(13-11-19)16-6-8-18(9-7-16)22-17-4-2-1-3-5-17/h1-9,21H,10-15H2. The van der Waals surface area contributed by atoms with Crippen LogP contribution < -0.4 is 9.64 Å². The van der Waals surface area contributed by atoms with Gasteiger partial charge in [0.2, 0.25) is 0 Å². The zero-order valence-corrected chi connectivity index (χ0v) is 12.7. The third kappa shape index (κ3) is 3.78. The van der Waals surface area contributed by atoms with Crippen LogP contribution in [0.15, 0.2) is 54.6 Å². The van der Waals surface area contributed by atoms with Crippen molar-refractivity contribution in [2.75, 3.05) is 44.2 Å². The molecule has 1 saturated heterocycles. The lowest BCUT2D eigenvalue weighted by Crippen LogP contribution is -2.47. The molecule has 1 aliphatic rings. The van der Waals surface area contributed by atoms with Crippen LogP contribution in [0.4, 0.5) is 5.69 Å². The summed E-state index contributed by atoms with van der Waals surface area (Å²) in [5.41, 5.74) is 1.23. The second kappa shape index (κ2) is 7.29. The number of hydrogen-bond donors (Lipinski definition) is 1. The smallest absolute Gasteiger partial charge is 0.127 e. The van der Waals surface area contributed by atoms with Gasteiger partial charge < -0.3 is 14.7 Å². The fourth-order valence-electron chi connectivity index (χ4n) is 2.72. The molecule has 4 heteroatoms. The van der Waals surface area contributed by atoms with Crippen molar-refractivity contribution in [1.82, 2.24) is 4.90 Å². The molecule has 0 aliphatic carbocycles. The highest BCUT2D eigenvalue weighted by molar-refractivity contribution is 5.50. The Kier molecular flexibility index (Phi) is 4.93. The molecule has 0 amide bonds. The van der Waals surface area contributed by atoms with E-state index < -0.39 is 0 Å². The molecule has 2 aromatic carbocycles. The summed E-state index contributed by atoms with van der Waals surface area (Å²) < 4.78 is 5.82. The third-order valence-electron chi connectivity index (χ3n) is 3.97. The Bertz CT molecular complexity index is 563. The lowest BCUT2D eigenvalue weighted by Gasteiger charge is -2.35. The van der Waals surface area contributed by atoms with Gasteiger partial charge in [0.05, 0.1) is 6.61 Å². The minimum absolute atomic E-state index is 0.242. The van der Waals surface area contributed by atoms with Crippen molar-refractivity contribution in [3.05, 3.63) is 54.6 Å². The molecule has 0 bridgehead atoms.